The highest BCUT2D eigenvalue weighted by Gasteiger charge is 2.25. The highest BCUT2D eigenvalue weighted by Crippen LogP contribution is 2.19. The number of rotatable bonds is 7. The Bertz CT molecular complexity index is 528. The number of unbranched alkanes of at least 4 members (excludes halogenated alkanes) is 1. The first-order valence-electron chi connectivity index (χ1n) is 5.92. The van der Waals surface area contributed by atoms with Crippen LogP contribution >= 0.6 is 15.9 Å². The first-order chi connectivity index (χ1) is 8.87. The molecule has 0 aliphatic heterocycles. The molecule has 0 saturated heterocycles. The van der Waals surface area contributed by atoms with Gasteiger partial charge in [-0.05, 0) is 30.7 Å². The van der Waals surface area contributed by atoms with E-state index in [9.17, 15) is 13.2 Å². The monoisotopic (exact) mass is 348 g/mol. The van der Waals surface area contributed by atoms with Crippen LogP contribution in [0.1, 0.15) is 19.8 Å². The van der Waals surface area contributed by atoms with Gasteiger partial charge in [0.1, 0.15) is 0 Å². The minimum Gasteiger partial charge on any atom is -0.369 e. The third-order valence-corrected chi connectivity index (χ3v) is 4.93. The quantitative estimate of drug-likeness (QED) is 0.814. The number of nitrogens with zero attached hydrogens (tertiary/aromatic N) is 1. The fourth-order valence-electron chi connectivity index (χ4n) is 1.55. The van der Waals surface area contributed by atoms with Crippen LogP contribution in [-0.4, -0.2) is 31.7 Å². The Kier molecular flexibility index (Phi) is 5.96. The van der Waals surface area contributed by atoms with Crippen LogP contribution < -0.4 is 5.73 Å². The third kappa shape index (κ3) is 4.59. The summed E-state index contributed by atoms with van der Waals surface area (Å²) >= 11 is 3.25. The van der Waals surface area contributed by atoms with Gasteiger partial charge in [0.05, 0.1) is 11.4 Å². The molecule has 0 saturated carbocycles. The molecule has 106 valence electrons. The van der Waals surface area contributed by atoms with Crippen LogP contribution in [-0.2, 0) is 14.8 Å². The van der Waals surface area contributed by atoms with Crippen molar-refractivity contribution in [2.24, 2.45) is 5.73 Å². The Morgan fingerprint density at radius 3 is 2.37 bits per heavy atom. The molecule has 1 aromatic carbocycles. The van der Waals surface area contributed by atoms with Gasteiger partial charge in [-0.15, -0.1) is 0 Å². The summed E-state index contributed by atoms with van der Waals surface area (Å²) in [7, 11) is -3.67. The molecule has 0 atom stereocenters. The van der Waals surface area contributed by atoms with E-state index in [2.05, 4.69) is 15.9 Å². The Balaban J connectivity index is 3.03. The predicted molar refractivity (Wildman–Crippen MR) is 77.0 cm³/mol. The predicted octanol–water partition coefficient (Wildman–Crippen LogP) is 1.73. The van der Waals surface area contributed by atoms with Crippen molar-refractivity contribution in [2.45, 2.75) is 24.7 Å². The van der Waals surface area contributed by atoms with E-state index in [0.717, 1.165) is 15.2 Å². The lowest BCUT2D eigenvalue weighted by Gasteiger charge is -2.20. The average molecular weight is 349 g/mol. The second kappa shape index (κ2) is 7.02. The number of carbonyl (C=O) groups is 1. The average Bonchev–Trinajstić information content (AvgIpc) is 2.34. The maximum absolute atomic E-state index is 12.4. The molecule has 1 amide bonds. The van der Waals surface area contributed by atoms with Gasteiger partial charge in [0.15, 0.2) is 0 Å². The lowest BCUT2D eigenvalue weighted by atomic mass is 10.3. The number of nitrogens with two attached hydrogens (primary N) is 1. The smallest absolute Gasteiger partial charge is 0.243 e. The zero-order valence-electron chi connectivity index (χ0n) is 10.7. The number of amides is 1. The van der Waals surface area contributed by atoms with Crippen molar-refractivity contribution in [3.8, 4) is 0 Å². The molecule has 0 spiro atoms. The summed E-state index contributed by atoms with van der Waals surface area (Å²) in [5.41, 5.74) is 5.11. The van der Waals surface area contributed by atoms with E-state index in [4.69, 9.17) is 5.73 Å². The lowest BCUT2D eigenvalue weighted by Crippen LogP contribution is -2.39. The van der Waals surface area contributed by atoms with Gasteiger partial charge < -0.3 is 5.73 Å². The maximum Gasteiger partial charge on any atom is 0.243 e. The number of benzene rings is 1. The molecule has 0 aliphatic carbocycles. The zero-order valence-corrected chi connectivity index (χ0v) is 13.1. The molecular weight excluding hydrogens is 332 g/mol. The van der Waals surface area contributed by atoms with Gasteiger partial charge in [-0.2, -0.15) is 4.31 Å². The van der Waals surface area contributed by atoms with Crippen molar-refractivity contribution in [3.63, 3.8) is 0 Å². The van der Waals surface area contributed by atoms with Gasteiger partial charge >= 0.3 is 0 Å². The first kappa shape index (κ1) is 16.1. The number of hydrogen-bond donors (Lipinski definition) is 1. The summed E-state index contributed by atoms with van der Waals surface area (Å²) in [6, 6.07) is 6.29. The van der Waals surface area contributed by atoms with Gasteiger partial charge in [-0.25, -0.2) is 8.42 Å². The summed E-state index contributed by atoms with van der Waals surface area (Å²) < 4.78 is 26.7. The van der Waals surface area contributed by atoms with Gasteiger partial charge in [0, 0.05) is 11.0 Å². The number of sulfonamides is 1. The van der Waals surface area contributed by atoms with Crippen molar-refractivity contribution < 1.29 is 13.2 Å². The molecule has 0 radical (unpaired) electrons. The van der Waals surface area contributed by atoms with Crippen molar-refractivity contribution in [2.75, 3.05) is 13.1 Å². The van der Waals surface area contributed by atoms with Crippen LogP contribution in [0.25, 0.3) is 0 Å². The van der Waals surface area contributed by atoms with Crippen LogP contribution in [0.15, 0.2) is 33.6 Å². The van der Waals surface area contributed by atoms with Crippen LogP contribution in [0.3, 0.4) is 0 Å². The summed E-state index contributed by atoms with van der Waals surface area (Å²) in [4.78, 5) is 11.2. The van der Waals surface area contributed by atoms with Gasteiger partial charge in [-0.1, -0.05) is 29.3 Å². The highest BCUT2D eigenvalue weighted by molar-refractivity contribution is 9.10. The van der Waals surface area contributed by atoms with E-state index in [1.165, 1.54) is 12.1 Å². The minimum absolute atomic E-state index is 0.160. The van der Waals surface area contributed by atoms with E-state index < -0.39 is 15.9 Å². The fourth-order valence-corrected chi connectivity index (χ4v) is 3.26. The molecule has 19 heavy (non-hydrogen) atoms. The zero-order chi connectivity index (χ0) is 14.5. The summed E-state index contributed by atoms with van der Waals surface area (Å²) in [6.45, 7) is 1.95. The molecular formula is C12H17BrN2O3S. The summed E-state index contributed by atoms with van der Waals surface area (Å²) in [5, 5.41) is 0. The molecule has 1 aromatic rings. The SMILES string of the molecule is CCCCN(CC(N)=O)S(=O)(=O)c1ccc(Br)cc1. The maximum atomic E-state index is 12.4. The van der Waals surface area contributed by atoms with E-state index in [1.807, 2.05) is 6.92 Å². The largest absolute Gasteiger partial charge is 0.369 e. The van der Waals surface area contributed by atoms with Gasteiger partial charge in [0.2, 0.25) is 15.9 Å². The molecule has 1 rings (SSSR count). The van der Waals surface area contributed by atoms with Crippen molar-refractivity contribution >= 4 is 31.9 Å². The summed E-state index contributed by atoms with van der Waals surface area (Å²) in [6.07, 6.45) is 1.52. The number of primary amides is 1. The molecule has 0 aromatic heterocycles. The minimum atomic E-state index is -3.67. The fraction of sp³-hybridized carbons (Fsp3) is 0.417. The second-order valence-electron chi connectivity index (χ2n) is 4.11. The topological polar surface area (TPSA) is 80.5 Å². The van der Waals surface area contributed by atoms with Crippen molar-refractivity contribution in [1.82, 2.24) is 4.31 Å². The second-order valence-corrected chi connectivity index (χ2v) is 6.97. The summed E-state index contributed by atoms with van der Waals surface area (Å²) in [5.74, 6) is -0.656. The molecule has 0 heterocycles. The molecule has 5 nitrogen and oxygen atoms in total. The number of halogens is 1. The van der Waals surface area contributed by atoms with Gasteiger partial charge in [-0.3, -0.25) is 4.79 Å². The normalized spacial score (nSPS) is 11.7. The van der Waals surface area contributed by atoms with Crippen LogP contribution in [0.2, 0.25) is 0 Å². The molecule has 0 bridgehead atoms. The van der Waals surface area contributed by atoms with Crippen LogP contribution in [0, 0.1) is 0 Å². The standard InChI is InChI=1S/C12H17BrN2O3S/c1-2-3-8-15(9-12(14)16)19(17,18)11-6-4-10(13)5-7-11/h4-7H,2-3,8-9H2,1H3,(H2,14,16). The first-order valence-corrected chi connectivity index (χ1v) is 8.15. The van der Waals surface area contributed by atoms with E-state index >= 15 is 0 Å². The Morgan fingerprint density at radius 2 is 1.89 bits per heavy atom. The molecule has 0 aliphatic rings. The number of hydrogen-bond acceptors (Lipinski definition) is 3. The Hall–Kier alpha value is -0.920. The Labute approximate surface area is 122 Å². The molecule has 7 heteroatoms. The molecule has 2 N–H and O–H groups in total. The Morgan fingerprint density at radius 1 is 1.32 bits per heavy atom. The van der Waals surface area contributed by atoms with Gasteiger partial charge in [0.25, 0.3) is 0 Å². The van der Waals surface area contributed by atoms with Crippen molar-refractivity contribution in [1.29, 1.82) is 0 Å². The molecule has 0 fully saturated rings. The third-order valence-electron chi connectivity index (χ3n) is 2.54. The van der Waals surface area contributed by atoms with E-state index in [1.54, 1.807) is 12.1 Å². The van der Waals surface area contributed by atoms with Crippen LogP contribution in [0.5, 0.6) is 0 Å². The molecule has 0 unspecified atom stereocenters. The van der Waals surface area contributed by atoms with Crippen molar-refractivity contribution in [3.05, 3.63) is 28.7 Å². The van der Waals surface area contributed by atoms with E-state index in [-0.39, 0.29) is 18.0 Å². The number of carbonyl (C=O) groups excluding carboxylic acids is 1. The van der Waals surface area contributed by atoms with Crippen LogP contribution in [0.4, 0.5) is 0 Å². The van der Waals surface area contributed by atoms with E-state index in [0.29, 0.717) is 6.42 Å². The highest BCUT2D eigenvalue weighted by atomic mass is 79.9. The lowest BCUT2D eigenvalue weighted by molar-refractivity contribution is -0.118.